The number of hydrogen-bond acceptors (Lipinski definition) is 3. The Labute approximate surface area is 138 Å². The number of rotatable bonds is 2. The second-order valence-electron chi connectivity index (χ2n) is 6.09. The van der Waals surface area contributed by atoms with E-state index in [1.165, 1.54) is 17.2 Å². The molecule has 4 rings (SSSR count). The summed E-state index contributed by atoms with van der Waals surface area (Å²) in [5.74, 6) is -0.425. The largest absolute Gasteiger partial charge is 0.469 e. The summed E-state index contributed by atoms with van der Waals surface area (Å²) >= 11 is 0. The van der Waals surface area contributed by atoms with Crippen molar-refractivity contribution < 1.29 is 18.4 Å². The van der Waals surface area contributed by atoms with Crippen LogP contribution in [0.1, 0.15) is 37.4 Å². The number of anilines is 1. The molecule has 0 saturated heterocycles. The van der Waals surface area contributed by atoms with Crippen molar-refractivity contribution in [3.05, 3.63) is 65.5 Å². The minimum Gasteiger partial charge on any atom is -0.469 e. The third-order valence-electron chi connectivity index (χ3n) is 4.66. The Balaban J connectivity index is 1.89. The molecule has 4 nitrogen and oxygen atoms in total. The second-order valence-corrected chi connectivity index (χ2v) is 6.09. The molecule has 0 saturated carbocycles. The molecule has 2 heterocycles. The van der Waals surface area contributed by atoms with Gasteiger partial charge in [0, 0.05) is 24.1 Å². The third-order valence-corrected chi connectivity index (χ3v) is 4.66. The van der Waals surface area contributed by atoms with Crippen molar-refractivity contribution in [2.45, 2.75) is 31.6 Å². The van der Waals surface area contributed by atoms with E-state index in [9.17, 15) is 14.0 Å². The van der Waals surface area contributed by atoms with Crippen molar-refractivity contribution in [1.82, 2.24) is 0 Å². The number of carbonyl (C=O) groups excluding carboxylic acids is 2. The molecule has 1 aliphatic heterocycles. The number of benzene rings is 1. The van der Waals surface area contributed by atoms with Gasteiger partial charge in [0.25, 0.3) is 0 Å². The van der Waals surface area contributed by atoms with Crippen LogP contribution < -0.4 is 4.90 Å². The molecule has 122 valence electrons. The quantitative estimate of drug-likeness (QED) is 0.840. The van der Waals surface area contributed by atoms with Crippen LogP contribution in [0.5, 0.6) is 0 Å². The molecule has 2 aliphatic rings. The van der Waals surface area contributed by atoms with Crippen LogP contribution in [0.4, 0.5) is 10.1 Å². The molecule has 0 fully saturated rings. The summed E-state index contributed by atoms with van der Waals surface area (Å²) in [4.78, 5) is 26.7. The van der Waals surface area contributed by atoms with Gasteiger partial charge in [-0.3, -0.25) is 14.5 Å². The highest BCUT2D eigenvalue weighted by molar-refractivity contribution is 6.07. The van der Waals surface area contributed by atoms with Crippen LogP contribution >= 0.6 is 0 Å². The Morgan fingerprint density at radius 1 is 1.08 bits per heavy atom. The van der Waals surface area contributed by atoms with Gasteiger partial charge in [-0.15, -0.1) is 0 Å². The molecule has 24 heavy (non-hydrogen) atoms. The van der Waals surface area contributed by atoms with Crippen LogP contribution in [0.3, 0.4) is 0 Å². The van der Waals surface area contributed by atoms with Gasteiger partial charge in [-0.05, 0) is 37.1 Å². The van der Waals surface area contributed by atoms with Crippen molar-refractivity contribution in [1.29, 1.82) is 0 Å². The maximum absolute atomic E-state index is 14.3. The van der Waals surface area contributed by atoms with E-state index in [0.29, 0.717) is 36.3 Å². The summed E-state index contributed by atoms with van der Waals surface area (Å²) in [6.45, 7) is 0. The fourth-order valence-electron chi connectivity index (χ4n) is 3.64. The first-order chi connectivity index (χ1) is 11.7. The van der Waals surface area contributed by atoms with Crippen LogP contribution in [0.15, 0.2) is 58.3 Å². The zero-order valence-corrected chi connectivity index (χ0v) is 13.0. The molecule has 0 bridgehead atoms. The van der Waals surface area contributed by atoms with Gasteiger partial charge in [0.1, 0.15) is 11.6 Å². The molecule has 0 radical (unpaired) electrons. The Morgan fingerprint density at radius 2 is 1.92 bits per heavy atom. The number of halogens is 1. The number of carbonyl (C=O) groups is 2. The van der Waals surface area contributed by atoms with Gasteiger partial charge < -0.3 is 4.42 Å². The van der Waals surface area contributed by atoms with E-state index in [2.05, 4.69) is 0 Å². The Kier molecular flexibility index (Phi) is 3.56. The van der Waals surface area contributed by atoms with E-state index < -0.39 is 5.82 Å². The molecule has 1 atom stereocenters. The van der Waals surface area contributed by atoms with E-state index in [1.54, 1.807) is 30.3 Å². The first-order valence-corrected chi connectivity index (χ1v) is 8.04. The van der Waals surface area contributed by atoms with Crippen molar-refractivity contribution in [2.24, 2.45) is 0 Å². The van der Waals surface area contributed by atoms with Gasteiger partial charge in [-0.1, -0.05) is 12.1 Å². The van der Waals surface area contributed by atoms with Crippen molar-refractivity contribution in [3.8, 4) is 0 Å². The van der Waals surface area contributed by atoms with E-state index >= 15 is 0 Å². The Morgan fingerprint density at radius 3 is 2.67 bits per heavy atom. The van der Waals surface area contributed by atoms with Crippen molar-refractivity contribution in [2.75, 3.05) is 4.90 Å². The van der Waals surface area contributed by atoms with Gasteiger partial charge in [0.05, 0.1) is 17.9 Å². The number of Topliss-reactive ketones (excluding diaryl/α,β-unsaturated/α-hetero) is 1. The molecular weight excluding hydrogens is 309 g/mol. The van der Waals surface area contributed by atoms with Crippen LogP contribution in [-0.2, 0) is 9.59 Å². The number of para-hydroxylation sites is 1. The summed E-state index contributed by atoms with van der Waals surface area (Å²) in [6.07, 6.45) is 3.34. The highest BCUT2D eigenvalue weighted by atomic mass is 19.1. The molecule has 1 aromatic heterocycles. The lowest BCUT2D eigenvalue weighted by Gasteiger charge is -2.37. The van der Waals surface area contributed by atoms with E-state index in [-0.39, 0.29) is 29.7 Å². The molecule has 1 aromatic carbocycles. The summed E-state index contributed by atoms with van der Waals surface area (Å²) in [7, 11) is 0. The Hall–Kier alpha value is -2.69. The predicted molar refractivity (Wildman–Crippen MR) is 85.8 cm³/mol. The standard InChI is InChI=1S/C19H16FNO3/c20-13-5-1-2-6-14(13)21-15-7-3-8-16(22)19(15)12(11-18(21)23)17-9-4-10-24-17/h1-2,4-6,9-10,12H,3,7-8,11H2. The normalized spacial score (nSPS) is 21.2. The first kappa shape index (κ1) is 14.9. The van der Waals surface area contributed by atoms with Crippen molar-refractivity contribution >= 4 is 17.4 Å². The highest BCUT2D eigenvalue weighted by Crippen LogP contribution is 2.43. The fraction of sp³-hybridized carbons (Fsp3) is 0.263. The average Bonchev–Trinajstić information content (AvgIpc) is 3.10. The number of allylic oxidation sites excluding steroid dienone is 2. The zero-order valence-electron chi connectivity index (χ0n) is 13.0. The maximum Gasteiger partial charge on any atom is 0.232 e. The lowest BCUT2D eigenvalue weighted by molar-refractivity contribution is -0.120. The van der Waals surface area contributed by atoms with Crippen molar-refractivity contribution in [3.63, 3.8) is 0 Å². The molecule has 5 heteroatoms. The number of nitrogens with zero attached hydrogens (tertiary/aromatic N) is 1. The predicted octanol–water partition coefficient (Wildman–Crippen LogP) is 3.95. The molecule has 0 N–H and O–H groups in total. The molecule has 1 amide bonds. The number of amides is 1. The highest BCUT2D eigenvalue weighted by Gasteiger charge is 2.41. The lowest BCUT2D eigenvalue weighted by atomic mass is 9.79. The monoisotopic (exact) mass is 325 g/mol. The van der Waals surface area contributed by atoms with Gasteiger partial charge in [0.2, 0.25) is 5.91 Å². The second kappa shape index (κ2) is 5.74. The minimum atomic E-state index is -0.466. The van der Waals surface area contributed by atoms with Gasteiger partial charge in [-0.25, -0.2) is 4.39 Å². The maximum atomic E-state index is 14.3. The number of hydrogen-bond donors (Lipinski definition) is 0. The zero-order chi connectivity index (χ0) is 16.7. The van der Waals surface area contributed by atoms with Crippen LogP contribution in [0.25, 0.3) is 0 Å². The Bertz CT molecular complexity index is 838. The number of ketones is 1. The summed E-state index contributed by atoms with van der Waals surface area (Å²) in [5, 5.41) is 0. The van der Waals surface area contributed by atoms with Crippen LogP contribution in [0, 0.1) is 5.82 Å². The smallest absolute Gasteiger partial charge is 0.232 e. The van der Waals surface area contributed by atoms with Gasteiger partial charge in [0.15, 0.2) is 5.78 Å². The molecule has 1 aliphatic carbocycles. The average molecular weight is 325 g/mol. The third kappa shape index (κ3) is 2.28. The number of furan rings is 1. The summed E-state index contributed by atoms with van der Waals surface area (Å²) in [5.41, 5.74) is 1.43. The SMILES string of the molecule is O=C1CCCC2=C1C(c1ccco1)CC(=O)N2c1ccccc1F. The summed E-state index contributed by atoms with van der Waals surface area (Å²) in [6, 6.07) is 9.70. The molecular formula is C19H16FNO3. The fourth-order valence-corrected chi connectivity index (χ4v) is 3.64. The summed E-state index contributed by atoms with van der Waals surface area (Å²) < 4.78 is 19.7. The first-order valence-electron chi connectivity index (χ1n) is 8.04. The van der Waals surface area contributed by atoms with Crippen LogP contribution in [0.2, 0.25) is 0 Å². The van der Waals surface area contributed by atoms with Crippen LogP contribution in [-0.4, -0.2) is 11.7 Å². The van der Waals surface area contributed by atoms with E-state index in [0.717, 1.165) is 0 Å². The van der Waals surface area contributed by atoms with Gasteiger partial charge in [-0.2, -0.15) is 0 Å². The van der Waals surface area contributed by atoms with E-state index in [4.69, 9.17) is 4.42 Å². The topological polar surface area (TPSA) is 50.5 Å². The molecule has 2 aromatic rings. The van der Waals surface area contributed by atoms with E-state index in [1.807, 2.05) is 0 Å². The lowest BCUT2D eigenvalue weighted by Crippen LogP contribution is -2.40. The minimum absolute atomic E-state index is 0.0199. The molecule has 1 unspecified atom stereocenters. The van der Waals surface area contributed by atoms with Gasteiger partial charge >= 0.3 is 0 Å². The molecule has 0 spiro atoms.